The van der Waals surface area contributed by atoms with Crippen molar-refractivity contribution in [3.05, 3.63) is 70.5 Å². The monoisotopic (exact) mass is 390 g/mol. The Morgan fingerprint density at radius 1 is 1.11 bits per heavy atom. The van der Waals surface area contributed by atoms with Crippen molar-refractivity contribution in [3.8, 4) is 0 Å². The average Bonchev–Trinajstić information content (AvgIpc) is 2.65. The molecule has 0 aliphatic rings. The molecule has 2 aromatic carbocycles. The number of hydrogen-bond donors (Lipinski definition) is 1. The topological polar surface area (TPSA) is 49.4 Å². The molecule has 0 saturated carbocycles. The lowest BCUT2D eigenvalue weighted by Gasteiger charge is -2.30. The van der Waals surface area contributed by atoms with E-state index in [4.69, 9.17) is 11.6 Å². The van der Waals surface area contributed by atoms with Gasteiger partial charge in [0.15, 0.2) is 0 Å². The molecule has 144 valence electrons. The highest BCUT2D eigenvalue weighted by Gasteiger charge is 2.28. The van der Waals surface area contributed by atoms with Crippen molar-refractivity contribution in [2.24, 2.45) is 0 Å². The first-order valence-corrected chi connectivity index (χ1v) is 9.39. The van der Waals surface area contributed by atoms with Crippen molar-refractivity contribution in [2.75, 3.05) is 6.54 Å². The Morgan fingerprint density at radius 2 is 1.78 bits per heavy atom. The number of amides is 2. The number of rotatable bonds is 8. The molecule has 6 heteroatoms. The number of halogens is 2. The number of nitrogens with zero attached hydrogens (tertiary/aromatic N) is 1. The quantitative estimate of drug-likeness (QED) is 0.741. The summed E-state index contributed by atoms with van der Waals surface area (Å²) in [6, 6.07) is 12.7. The second-order valence-electron chi connectivity index (χ2n) is 6.23. The molecule has 0 radical (unpaired) electrons. The van der Waals surface area contributed by atoms with Gasteiger partial charge in [0.2, 0.25) is 11.8 Å². The number of carbonyl (C=O) groups excluding carboxylic acids is 2. The number of nitrogens with one attached hydrogen (secondary N) is 1. The zero-order valence-corrected chi connectivity index (χ0v) is 16.3. The van der Waals surface area contributed by atoms with Crippen LogP contribution in [0.3, 0.4) is 0 Å². The smallest absolute Gasteiger partial charge is 0.242 e. The Bertz CT molecular complexity index is 780. The van der Waals surface area contributed by atoms with Gasteiger partial charge >= 0.3 is 0 Å². The second-order valence-corrected chi connectivity index (χ2v) is 6.67. The lowest BCUT2D eigenvalue weighted by molar-refractivity contribution is -0.140. The van der Waals surface area contributed by atoms with E-state index in [2.05, 4.69) is 5.32 Å². The molecule has 0 unspecified atom stereocenters. The lowest BCUT2D eigenvalue weighted by Crippen LogP contribution is -2.49. The largest absolute Gasteiger partial charge is 0.355 e. The minimum atomic E-state index is -0.625. The van der Waals surface area contributed by atoms with Crippen molar-refractivity contribution in [1.29, 1.82) is 0 Å². The van der Waals surface area contributed by atoms with Crippen LogP contribution in [0.5, 0.6) is 0 Å². The normalized spacial score (nSPS) is 11.7. The first kappa shape index (κ1) is 20.9. The van der Waals surface area contributed by atoms with E-state index in [9.17, 15) is 14.0 Å². The predicted molar refractivity (Wildman–Crippen MR) is 105 cm³/mol. The van der Waals surface area contributed by atoms with Crippen molar-refractivity contribution in [2.45, 2.75) is 39.3 Å². The summed E-state index contributed by atoms with van der Waals surface area (Å²) in [5, 5.41) is 3.37. The van der Waals surface area contributed by atoms with Gasteiger partial charge in [-0.15, -0.1) is 0 Å². The molecular formula is C21H24ClFN2O2. The molecule has 27 heavy (non-hydrogen) atoms. The molecule has 0 saturated heterocycles. The van der Waals surface area contributed by atoms with Gasteiger partial charge in [-0.3, -0.25) is 9.59 Å². The average molecular weight is 391 g/mol. The minimum absolute atomic E-state index is 0.101. The number of carbonyl (C=O) groups is 2. The molecule has 2 amide bonds. The summed E-state index contributed by atoms with van der Waals surface area (Å²) < 4.78 is 14.0. The van der Waals surface area contributed by atoms with E-state index in [1.54, 1.807) is 30.3 Å². The van der Waals surface area contributed by atoms with Crippen LogP contribution in [-0.2, 0) is 22.6 Å². The number of hydrogen-bond acceptors (Lipinski definition) is 2. The maximum atomic E-state index is 14.0. The Morgan fingerprint density at radius 3 is 2.37 bits per heavy atom. The fraction of sp³-hybridized carbons (Fsp3) is 0.333. The predicted octanol–water partition coefficient (Wildman–Crippen LogP) is 3.97. The third-order valence-electron chi connectivity index (χ3n) is 4.30. The fourth-order valence-electron chi connectivity index (χ4n) is 2.90. The number of likely N-dealkylation sites (N-methyl/N-ethyl adjacent to an activating group) is 1. The summed E-state index contributed by atoms with van der Waals surface area (Å²) >= 11 is 5.93. The van der Waals surface area contributed by atoms with E-state index in [0.717, 1.165) is 5.56 Å². The van der Waals surface area contributed by atoms with Crippen LogP contribution in [0.15, 0.2) is 48.5 Å². The van der Waals surface area contributed by atoms with E-state index in [1.165, 1.54) is 11.0 Å². The zero-order valence-electron chi connectivity index (χ0n) is 15.5. The molecule has 2 aromatic rings. The Labute approximate surface area is 164 Å². The van der Waals surface area contributed by atoms with Gasteiger partial charge in [-0.25, -0.2) is 4.39 Å². The van der Waals surface area contributed by atoms with E-state index in [-0.39, 0.29) is 24.8 Å². The highest BCUT2D eigenvalue weighted by atomic mass is 35.5. The van der Waals surface area contributed by atoms with Crippen molar-refractivity contribution in [3.63, 3.8) is 0 Å². The molecular weight excluding hydrogens is 367 g/mol. The first-order chi connectivity index (χ1) is 13.0. The maximum absolute atomic E-state index is 14.0. The first-order valence-electron chi connectivity index (χ1n) is 9.01. The van der Waals surface area contributed by atoms with Gasteiger partial charge in [-0.2, -0.15) is 0 Å². The molecule has 0 bridgehead atoms. The van der Waals surface area contributed by atoms with E-state index in [0.29, 0.717) is 23.6 Å². The van der Waals surface area contributed by atoms with Gasteiger partial charge in [0.05, 0.1) is 6.42 Å². The Kier molecular flexibility index (Phi) is 7.80. The van der Waals surface area contributed by atoms with E-state index < -0.39 is 11.9 Å². The molecule has 1 N–H and O–H groups in total. The maximum Gasteiger partial charge on any atom is 0.242 e. The third-order valence-corrected chi connectivity index (χ3v) is 4.55. The fourth-order valence-corrected chi connectivity index (χ4v) is 3.03. The van der Waals surface area contributed by atoms with Gasteiger partial charge in [-0.05, 0) is 42.7 Å². The second kappa shape index (κ2) is 10.1. The zero-order chi connectivity index (χ0) is 19.8. The molecule has 0 aromatic heterocycles. The lowest BCUT2D eigenvalue weighted by atomic mass is 10.1. The molecule has 0 fully saturated rings. The SMILES string of the molecule is CCNC(=O)[C@H](CC)N(Cc1ccc(Cl)cc1)C(=O)Cc1ccccc1F. The Hall–Kier alpha value is -2.40. The standard InChI is InChI=1S/C21H24ClFN2O2/c1-3-19(21(27)24-4-2)25(14-15-9-11-17(22)12-10-15)20(26)13-16-7-5-6-8-18(16)23/h5-12,19H,3-4,13-14H2,1-2H3,(H,24,27)/t19-/m0/s1. The van der Waals surface area contributed by atoms with Crippen LogP contribution in [0.4, 0.5) is 4.39 Å². The minimum Gasteiger partial charge on any atom is -0.355 e. The highest BCUT2D eigenvalue weighted by molar-refractivity contribution is 6.30. The van der Waals surface area contributed by atoms with Crippen LogP contribution in [0.2, 0.25) is 5.02 Å². The summed E-state index contributed by atoms with van der Waals surface area (Å²) in [6.07, 6.45) is 0.360. The summed E-state index contributed by atoms with van der Waals surface area (Å²) in [4.78, 5) is 27.0. The van der Waals surface area contributed by atoms with Crippen molar-refractivity contribution in [1.82, 2.24) is 10.2 Å². The van der Waals surface area contributed by atoms with Crippen LogP contribution < -0.4 is 5.32 Å². The van der Waals surface area contributed by atoms with Crippen molar-refractivity contribution < 1.29 is 14.0 Å². The summed E-state index contributed by atoms with van der Waals surface area (Å²) in [5.41, 5.74) is 1.17. The van der Waals surface area contributed by atoms with Gasteiger partial charge in [0, 0.05) is 18.1 Å². The summed E-state index contributed by atoms with van der Waals surface area (Å²) in [7, 11) is 0. The van der Waals surface area contributed by atoms with E-state index >= 15 is 0 Å². The van der Waals surface area contributed by atoms with Crippen LogP contribution in [-0.4, -0.2) is 29.3 Å². The van der Waals surface area contributed by atoms with Gasteiger partial charge in [0.1, 0.15) is 11.9 Å². The molecule has 4 nitrogen and oxygen atoms in total. The number of benzene rings is 2. The van der Waals surface area contributed by atoms with Crippen LogP contribution in [0.25, 0.3) is 0 Å². The van der Waals surface area contributed by atoms with Crippen LogP contribution in [0, 0.1) is 5.82 Å². The molecule has 0 aliphatic carbocycles. The summed E-state index contributed by atoms with van der Waals surface area (Å²) in [5.74, 6) is -0.938. The van der Waals surface area contributed by atoms with Crippen LogP contribution in [0.1, 0.15) is 31.4 Å². The van der Waals surface area contributed by atoms with E-state index in [1.807, 2.05) is 26.0 Å². The molecule has 0 heterocycles. The third kappa shape index (κ3) is 5.79. The van der Waals surface area contributed by atoms with Crippen molar-refractivity contribution >= 4 is 23.4 Å². The molecule has 0 spiro atoms. The van der Waals surface area contributed by atoms with Crippen LogP contribution >= 0.6 is 11.6 Å². The molecule has 2 rings (SSSR count). The van der Waals surface area contributed by atoms with Gasteiger partial charge in [0.25, 0.3) is 0 Å². The highest BCUT2D eigenvalue weighted by Crippen LogP contribution is 2.17. The van der Waals surface area contributed by atoms with Gasteiger partial charge in [-0.1, -0.05) is 48.9 Å². The Balaban J connectivity index is 2.29. The molecule has 1 atom stereocenters. The van der Waals surface area contributed by atoms with Gasteiger partial charge < -0.3 is 10.2 Å². The molecule has 0 aliphatic heterocycles. The summed E-state index contributed by atoms with van der Waals surface area (Å²) in [6.45, 7) is 4.41.